The Morgan fingerprint density at radius 2 is 2.14 bits per heavy atom. The molecule has 2 rings (SSSR count). The van der Waals surface area contributed by atoms with Crippen LogP contribution in [-0.4, -0.2) is 27.5 Å². The van der Waals surface area contributed by atoms with Gasteiger partial charge < -0.3 is 10.1 Å². The fourth-order valence-corrected chi connectivity index (χ4v) is 3.00. The van der Waals surface area contributed by atoms with E-state index >= 15 is 0 Å². The molecule has 1 aliphatic heterocycles. The fourth-order valence-electron chi connectivity index (χ4n) is 1.93. The monoisotopic (exact) mass is 312 g/mol. The summed E-state index contributed by atoms with van der Waals surface area (Å²) >= 11 is 0. The van der Waals surface area contributed by atoms with Crippen LogP contribution in [0.25, 0.3) is 0 Å². The van der Waals surface area contributed by atoms with Crippen LogP contribution < -0.4 is 14.8 Å². The molecular formula is C14H20N2O4S. The van der Waals surface area contributed by atoms with E-state index in [-0.39, 0.29) is 23.8 Å². The molecule has 1 aliphatic rings. The number of hydrogen-bond acceptors (Lipinski definition) is 4. The van der Waals surface area contributed by atoms with Gasteiger partial charge in [0.2, 0.25) is 15.9 Å². The lowest BCUT2D eigenvalue weighted by molar-refractivity contribution is -0.116. The van der Waals surface area contributed by atoms with Crippen LogP contribution in [0, 0.1) is 5.92 Å². The Kier molecular flexibility index (Phi) is 4.84. The first-order valence-corrected chi connectivity index (χ1v) is 8.43. The molecule has 0 aliphatic carbocycles. The third-order valence-electron chi connectivity index (χ3n) is 3.14. The van der Waals surface area contributed by atoms with E-state index in [9.17, 15) is 13.2 Å². The Morgan fingerprint density at radius 3 is 2.86 bits per heavy atom. The molecule has 0 radical (unpaired) electrons. The predicted octanol–water partition coefficient (Wildman–Crippen LogP) is 1.73. The number of benzene rings is 1. The Morgan fingerprint density at radius 1 is 1.38 bits per heavy atom. The van der Waals surface area contributed by atoms with Gasteiger partial charge in [-0.05, 0) is 30.5 Å². The fraction of sp³-hybridized carbons (Fsp3) is 0.500. The molecule has 7 heteroatoms. The topological polar surface area (TPSA) is 84.5 Å². The lowest BCUT2D eigenvalue weighted by Crippen LogP contribution is -2.25. The summed E-state index contributed by atoms with van der Waals surface area (Å²) in [7, 11) is -3.58. The van der Waals surface area contributed by atoms with E-state index in [1.54, 1.807) is 6.07 Å². The summed E-state index contributed by atoms with van der Waals surface area (Å²) in [5.74, 6) is 0.727. The molecule has 0 atom stereocenters. The number of fused-ring (bicyclic) bond motifs is 1. The highest BCUT2D eigenvalue weighted by atomic mass is 32.2. The summed E-state index contributed by atoms with van der Waals surface area (Å²) in [6, 6.07) is 4.47. The minimum absolute atomic E-state index is 0.121. The second-order valence-electron chi connectivity index (χ2n) is 5.38. The normalized spacial score (nSPS) is 15.1. The van der Waals surface area contributed by atoms with E-state index in [0.717, 1.165) is 6.42 Å². The van der Waals surface area contributed by atoms with E-state index in [1.165, 1.54) is 12.1 Å². The summed E-state index contributed by atoms with van der Waals surface area (Å²) in [6.07, 6.45) is 1.02. The zero-order valence-corrected chi connectivity index (χ0v) is 13.0. The van der Waals surface area contributed by atoms with Crippen molar-refractivity contribution >= 4 is 21.6 Å². The molecule has 1 amide bonds. The number of nitrogens with one attached hydrogen (secondary N) is 2. The van der Waals surface area contributed by atoms with Crippen molar-refractivity contribution in [1.82, 2.24) is 4.72 Å². The minimum Gasteiger partial charge on any atom is -0.491 e. The molecule has 6 nitrogen and oxygen atoms in total. The summed E-state index contributed by atoms with van der Waals surface area (Å²) in [5, 5.41) is 2.65. The number of amides is 1. The van der Waals surface area contributed by atoms with Gasteiger partial charge in [-0.3, -0.25) is 4.79 Å². The van der Waals surface area contributed by atoms with Crippen molar-refractivity contribution in [3.63, 3.8) is 0 Å². The Hall–Kier alpha value is -1.60. The van der Waals surface area contributed by atoms with Crippen molar-refractivity contribution in [2.24, 2.45) is 5.92 Å². The number of rotatable bonds is 5. The zero-order valence-electron chi connectivity index (χ0n) is 12.2. The van der Waals surface area contributed by atoms with Crippen LogP contribution in [0.15, 0.2) is 23.1 Å². The molecular weight excluding hydrogens is 292 g/mol. The SMILES string of the molecule is CC(C)CCNS(=O)(=O)c1ccc2c(c1)NC(=O)CCO2. The predicted molar refractivity (Wildman–Crippen MR) is 79.8 cm³/mol. The van der Waals surface area contributed by atoms with Gasteiger partial charge in [0.1, 0.15) is 5.75 Å². The summed E-state index contributed by atoms with van der Waals surface area (Å²) < 4.78 is 32.4. The molecule has 0 unspecified atom stereocenters. The quantitative estimate of drug-likeness (QED) is 0.867. The molecule has 116 valence electrons. The van der Waals surface area contributed by atoms with Gasteiger partial charge >= 0.3 is 0 Å². The molecule has 0 spiro atoms. The highest BCUT2D eigenvalue weighted by Crippen LogP contribution is 2.29. The first-order chi connectivity index (χ1) is 9.88. The van der Waals surface area contributed by atoms with Gasteiger partial charge in [-0.15, -0.1) is 0 Å². The smallest absolute Gasteiger partial charge is 0.240 e. The summed E-state index contributed by atoms with van der Waals surface area (Å²) in [6.45, 7) is 4.74. The van der Waals surface area contributed by atoms with Crippen LogP contribution in [0.3, 0.4) is 0 Å². The maximum atomic E-state index is 12.2. The molecule has 0 bridgehead atoms. The van der Waals surface area contributed by atoms with Crippen LogP contribution in [-0.2, 0) is 14.8 Å². The molecule has 0 fully saturated rings. The van der Waals surface area contributed by atoms with Crippen molar-refractivity contribution in [3.8, 4) is 5.75 Å². The van der Waals surface area contributed by atoms with Gasteiger partial charge in [0, 0.05) is 6.54 Å². The standard InChI is InChI=1S/C14H20N2O4S/c1-10(2)5-7-15-21(18,19)11-3-4-13-12(9-11)16-14(17)6-8-20-13/h3-4,9-10,15H,5-8H2,1-2H3,(H,16,17). The van der Waals surface area contributed by atoms with Crippen LogP contribution in [0.4, 0.5) is 5.69 Å². The Balaban J connectivity index is 2.18. The third kappa shape index (κ3) is 4.18. The van der Waals surface area contributed by atoms with E-state index in [1.807, 2.05) is 13.8 Å². The van der Waals surface area contributed by atoms with Gasteiger partial charge in [-0.1, -0.05) is 13.8 Å². The second kappa shape index (κ2) is 6.44. The maximum absolute atomic E-state index is 12.2. The van der Waals surface area contributed by atoms with Gasteiger partial charge in [-0.2, -0.15) is 0 Å². The molecule has 1 heterocycles. The maximum Gasteiger partial charge on any atom is 0.240 e. The van der Waals surface area contributed by atoms with Crippen molar-refractivity contribution < 1.29 is 17.9 Å². The number of anilines is 1. The van der Waals surface area contributed by atoms with Gasteiger partial charge in [-0.25, -0.2) is 13.1 Å². The molecule has 0 aromatic heterocycles. The third-order valence-corrected chi connectivity index (χ3v) is 4.59. The number of ether oxygens (including phenoxy) is 1. The number of sulfonamides is 1. The molecule has 0 saturated heterocycles. The molecule has 1 aromatic rings. The Labute approximate surface area is 124 Å². The molecule has 21 heavy (non-hydrogen) atoms. The highest BCUT2D eigenvalue weighted by molar-refractivity contribution is 7.89. The zero-order chi connectivity index (χ0) is 15.5. The largest absolute Gasteiger partial charge is 0.491 e. The summed E-state index contributed by atoms with van der Waals surface area (Å²) in [5.41, 5.74) is 0.393. The van der Waals surface area contributed by atoms with Crippen LogP contribution >= 0.6 is 0 Å². The lowest BCUT2D eigenvalue weighted by atomic mass is 10.1. The van der Waals surface area contributed by atoms with Gasteiger partial charge in [0.15, 0.2) is 0 Å². The second-order valence-corrected chi connectivity index (χ2v) is 7.15. The Bertz CT molecular complexity index is 626. The van der Waals surface area contributed by atoms with Crippen LogP contribution in [0.5, 0.6) is 5.75 Å². The van der Waals surface area contributed by atoms with Crippen molar-refractivity contribution in [1.29, 1.82) is 0 Å². The number of carbonyl (C=O) groups is 1. The van der Waals surface area contributed by atoms with E-state index in [2.05, 4.69) is 10.0 Å². The lowest BCUT2D eigenvalue weighted by Gasteiger charge is -2.11. The summed E-state index contributed by atoms with van der Waals surface area (Å²) in [4.78, 5) is 11.6. The van der Waals surface area contributed by atoms with E-state index in [4.69, 9.17) is 4.74 Å². The average molecular weight is 312 g/mol. The van der Waals surface area contributed by atoms with Gasteiger partial charge in [0.25, 0.3) is 0 Å². The van der Waals surface area contributed by atoms with Crippen LogP contribution in [0.1, 0.15) is 26.7 Å². The molecule has 1 aromatic carbocycles. The van der Waals surface area contributed by atoms with E-state index in [0.29, 0.717) is 23.9 Å². The van der Waals surface area contributed by atoms with Gasteiger partial charge in [0.05, 0.1) is 23.6 Å². The number of hydrogen-bond donors (Lipinski definition) is 2. The van der Waals surface area contributed by atoms with Crippen LogP contribution in [0.2, 0.25) is 0 Å². The number of carbonyl (C=O) groups excluding carboxylic acids is 1. The first kappa shape index (κ1) is 15.8. The average Bonchev–Trinajstić information content (AvgIpc) is 2.57. The first-order valence-electron chi connectivity index (χ1n) is 6.95. The van der Waals surface area contributed by atoms with Crippen molar-refractivity contribution in [2.45, 2.75) is 31.6 Å². The molecule has 2 N–H and O–H groups in total. The minimum atomic E-state index is -3.58. The molecule has 0 saturated carbocycles. The highest BCUT2D eigenvalue weighted by Gasteiger charge is 2.19. The van der Waals surface area contributed by atoms with Crippen molar-refractivity contribution in [2.75, 3.05) is 18.5 Å². The van der Waals surface area contributed by atoms with E-state index < -0.39 is 10.0 Å². The van der Waals surface area contributed by atoms with Crippen molar-refractivity contribution in [3.05, 3.63) is 18.2 Å².